The molecule has 0 radical (unpaired) electrons. The molecule has 2 saturated heterocycles. The lowest BCUT2D eigenvalue weighted by Gasteiger charge is -2.18. The van der Waals surface area contributed by atoms with Crippen LogP contribution in [0, 0.1) is 23.5 Å². The van der Waals surface area contributed by atoms with Crippen LogP contribution in [0.4, 0.5) is 8.78 Å². The molecule has 4 rings (SSSR count). The second-order valence-corrected chi connectivity index (χ2v) is 6.93. The smallest absolute Gasteiger partial charge is 0.256 e. The molecule has 2 aromatic carbocycles. The van der Waals surface area contributed by atoms with Gasteiger partial charge in [-0.25, -0.2) is 8.78 Å². The summed E-state index contributed by atoms with van der Waals surface area (Å²) in [6.07, 6.45) is 0. The lowest BCUT2D eigenvalue weighted by molar-refractivity contribution is 0.0777. The number of likely N-dealkylation sites (tertiary alicyclic amines) is 1. The van der Waals surface area contributed by atoms with Gasteiger partial charge >= 0.3 is 0 Å². The lowest BCUT2D eigenvalue weighted by atomic mass is 10.0. The van der Waals surface area contributed by atoms with Gasteiger partial charge < -0.3 is 15.0 Å². The summed E-state index contributed by atoms with van der Waals surface area (Å²) in [6.45, 7) is 3.13. The van der Waals surface area contributed by atoms with E-state index in [9.17, 15) is 13.6 Å². The van der Waals surface area contributed by atoms with Crippen molar-refractivity contribution in [2.75, 3.05) is 33.3 Å². The third-order valence-electron chi connectivity index (χ3n) is 5.36. The Morgan fingerprint density at radius 3 is 2.37 bits per heavy atom. The summed E-state index contributed by atoms with van der Waals surface area (Å²) in [6, 6.07) is 8.66. The fraction of sp³-hybridized carbons (Fsp3) is 0.350. The van der Waals surface area contributed by atoms with Crippen molar-refractivity contribution in [3.05, 3.63) is 53.6 Å². The van der Waals surface area contributed by atoms with Gasteiger partial charge in [0.05, 0.1) is 12.7 Å². The molecule has 4 nitrogen and oxygen atoms in total. The number of nitrogens with one attached hydrogen (secondary N) is 1. The third-order valence-corrected chi connectivity index (χ3v) is 5.36. The number of halogens is 3. The number of carbonyl (C=O) groups excluding carboxylic acids is 1. The minimum Gasteiger partial charge on any atom is -0.497 e. The number of carbonyl (C=O) groups is 1. The normalized spacial score (nSPS) is 20.9. The minimum atomic E-state index is -0.627. The maximum Gasteiger partial charge on any atom is 0.256 e. The monoisotopic (exact) mass is 394 g/mol. The highest BCUT2D eigenvalue weighted by Crippen LogP contribution is 2.30. The topological polar surface area (TPSA) is 41.6 Å². The Balaban J connectivity index is 0.00000210. The van der Waals surface area contributed by atoms with E-state index < -0.39 is 11.6 Å². The van der Waals surface area contributed by atoms with Gasteiger partial charge in [0, 0.05) is 37.8 Å². The van der Waals surface area contributed by atoms with E-state index in [1.165, 1.54) is 25.3 Å². The quantitative estimate of drug-likeness (QED) is 0.868. The predicted molar refractivity (Wildman–Crippen MR) is 101 cm³/mol. The van der Waals surface area contributed by atoms with Crippen molar-refractivity contribution in [3.8, 4) is 16.9 Å². The largest absolute Gasteiger partial charge is 0.497 e. The molecule has 144 valence electrons. The van der Waals surface area contributed by atoms with Gasteiger partial charge in [0.2, 0.25) is 0 Å². The van der Waals surface area contributed by atoms with Crippen molar-refractivity contribution in [1.29, 1.82) is 0 Å². The molecule has 1 amide bonds. The Morgan fingerprint density at radius 2 is 1.78 bits per heavy atom. The zero-order chi connectivity index (χ0) is 18.3. The lowest BCUT2D eigenvalue weighted by Crippen LogP contribution is -2.32. The Hall–Kier alpha value is -2.18. The number of benzene rings is 2. The molecule has 2 aliphatic heterocycles. The summed E-state index contributed by atoms with van der Waals surface area (Å²) in [5.74, 6) is -0.115. The van der Waals surface area contributed by atoms with E-state index in [4.69, 9.17) is 4.74 Å². The number of amides is 1. The Labute approximate surface area is 162 Å². The molecule has 2 atom stereocenters. The molecule has 0 bridgehead atoms. The van der Waals surface area contributed by atoms with Crippen LogP contribution in [0.2, 0.25) is 0 Å². The molecule has 0 spiro atoms. The second kappa shape index (κ2) is 7.82. The summed E-state index contributed by atoms with van der Waals surface area (Å²) in [7, 11) is 1.46. The van der Waals surface area contributed by atoms with Crippen molar-refractivity contribution in [3.63, 3.8) is 0 Å². The summed E-state index contributed by atoms with van der Waals surface area (Å²) >= 11 is 0. The molecule has 2 aliphatic rings. The fourth-order valence-corrected chi connectivity index (χ4v) is 3.90. The molecule has 2 aromatic rings. The van der Waals surface area contributed by atoms with Crippen LogP contribution in [0.25, 0.3) is 11.1 Å². The summed E-state index contributed by atoms with van der Waals surface area (Å²) in [5.41, 5.74) is 0.697. The summed E-state index contributed by atoms with van der Waals surface area (Å²) in [4.78, 5) is 14.4. The van der Waals surface area contributed by atoms with Crippen LogP contribution in [0.1, 0.15) is 10.4 Å². The van der Waals surface area contributed by atoms with Crippen LogP contribution in [0.3, 0.4) is 0 Å². The highest BCUT2D eigenvalue weighted by molar-refractivity contribution is 5.95. The zero-order valence-corrected chi connectivity index (χ0v) is 15.7. The van der Waals surface area contributed by atoms with Gasteiger partial charge in [-0.2, -0.15) is 0 Å². The van der Waals surface area contributed by atoms with Crippen molar-refractivity contribution >= 4 is 18.3 Å². The molecule has 0 saturated carbocycles. The Morgan fingerprint density at radius 1 is 1.07 bits per heavy atom. The number of nitrogens with zero attached hydrogens (tertiary/aromatic N) is 1. The zero-order valence-electron chi connectivity index (χ0n) is 14.9. The predicted octanol–water partition coefficient (Wildman–Crippen LogP) is 3.35. The SMILES string of the molecule is COc1ccc(-c2ccc(C(=O)N3C[C@H]4CNC[C@H]4C3)c(F)c2)c(F)c1.Cl. The van der Waals surface area contributed by atoms with Crippen LogP contribution in [-0.2, 0) is 0 Å². The number of fused-ring (bicyclic) bond motifs is 1. The Kier molecular flexibility index (Phi) is 5.67. The van der Waals surface area contributed by atoms with Gasteiger partial charge in [-0.15, -0.1) is 12.4 Å². The van der Waals surface area contributed by atoms with E-state index in [2.05, 4.69) is 5.32 Å². The molecule has 1 N–H and O–H groups in total. The molecular weight excluding hydrogens is 374 g/mol. The Bertz CT molecular complexity index is 850. The van der Waals surface area contributed by atoms with Gasteiger partial charge in [-0.3, -0.25) is 4.79 Å². The van der Waals surface area contributed by atoms with E-state index in [0.29, 0.717) is 36.2 Å². The third kappa shape index (κ3) is 3.64. The van der Waals surface area contributed by atoms with Crippen LogP contribution in [0.15, 0.2) is 36.4 Å². The summed E-state index contributed by atoms with van der Waals surface area (Å²) < 4.78 is 33.8. The van der Waals surface area contributed by atoms with Gasteiger partial charge in [-0.05, 0) is 41.7 Å². The molecule has 27 heavy (non-hydrogen) atoms. The van der Waals surface area contributed by atoms with Crippen LogP contribution < -0.4 is 10.1 Å². The number of hydrogen-bond acceptors (Lipinski definition) is 3. The van der Waals surface area contributed by atoms with Crippen LogP contribution in [-0.4, -0.2) is 44.1 Å². The molecule has 2 heterocycles. The van der Waals surface area contributed by atoms with Crippen molar-refractivity contribution < 1.29 is 18.3 Å². The van der Waals surface area contributed by atoms with E-state index in [-0.39, 0.29) is 29.4 Å². The molecule has 0 unspecified atom stereocenters. The number of hydrogen-bond donors (Lipinski definition) is 1. The maximum absolute atomic E-state index is 14.6. The molecule has 0 aliphatic carbocycles. The van der Waals surface area contributed by atoms with E-state index in [1.807, 2.05) is 0 Å². The van der Waals surface area contributed by atoms with Crippen molar-refractivity contribution in [1.82, 2.24) is 10.2 Å². The van der Waals surface area contributed by atoms with Gasteiger partial charge in [0.15, 0.2) is 0 Å². The first-order valence-electron chi connectivity index (χ1n) is 8.70. The van der Waals surface area contributed by atoms with E-state index in [0.717, 1.165) is 13.1 Å². The first kappa shape index (κ1) is 19.6. The molecular formula is C20H21ClF2N2O2. The molecule has 7 heteroatoms. The molecule has 0 aromatic heterocycles. The minimum absolute atomic E-state index is 0. The van der Waals surface area contributed by atoms with Crippen LogP contribution in [0.5, 0.6) is 5.75 Å². The van der Waals surface area contributed by atoms with Gasteiger partial charge in [0.25, 0.3) is 5.91 Å². The first-order chi connectivity index (χ1) is 12.6. The summed E-state index contributed by atoms with van der Waals surface area (Å²) in [5, 5.41) is 3.32. The molecule has 2 fully saturated rings. The highest BCUT2D eigenvalue weighted by atomic mass is 35.5. The van der Waals surface area contributed by atoms with E-state index in [1.54, 1.807) is 23.1 Å². The number of rotatable bonds is 3. The van der Waals surface area contributed by atoms with Crippen molar-refractivity contribution in [2.24, 2.45) is 11.8 Å². The number of ether oxygens (including phenoxy) is 1. The van der Waals surface area contributed by atoms with Gasteiger partial charge in [-0.1, -0.05) is 6.07 Å². The average molecular weight is 395 g/mol. The first-order valence-corrected chi connectivity index (χ1v) is 8.70. The van der Waals surface area contributed by atoms with Crippen molar-refractivity contribution in [2.45, 2.75) is 0 Å². The van der Waals surface area contributed by atoms with E-state index >= 15 is 0 Å². The average Bonchev–Trinajstić information content (AvgIpc) is 3.23. The maximum atomic E-state index is 14.6. The second-order valence-electron chi connectivity index (χ2n) is 6.93. The highest BCUT2D eigenvalue weighted by Gasteiger charge is 2.38. The standard InChI is InChI=1S/C20H20F2N2O2.ClH/c1-26-15-3-5-16(19(22)7-15)12-2-4-17(18(21)6-12)20(25)24-10-13-8-23-9-14(13)11-24;/h2-7,13-14,23H,8-11H2,1H3;1H/t13-,14+;. The van der Waals surface area contributed by atoms with Gasteiger partial charge in [0.1, 0.15) is 17.4 Å². The number of methoxy groups -OCH3 is 1. The fourth-order valence-electron chi connectivity index (χ4n) is 3.90. The van der Waals surface area contributed by atoms with Crippen LogP contribution >= 0.6 is 12.4 Å².